The van der Waals surface area contributed by atoms with Gasteiger partial charge >= 0.3 is 0 Å². The fourth-order valence-corrected chi connectivity index (χ4v) is 3.83. The number of nitrogens with one attached hydrogen (secondary N) is 1. The van der Waals surface area contributed by atoms with Crippen LogP contribution >= 0.6 is 22.3 Å². The molecule has 1 aromatic carbocycles. The molecule has 0 bridgehead atoms. The lowest BCUT2D eigenvalue weighted by Crippen LogP contribution is -2.43. The molecular weight excluding hydrogens is 321 g/mol. The predicted octanol–water partition coefficient (Wildman–Crippen LogP) is 3.10. The molecule has 1 aromatic rings. The third kappa shape index (κ3) is 3.27. The van der Waals surface area contributed by atoms with Crippen molar-refractivity contribution in [1.82, 2.24) is 5.32 Å². The summed E-state index contributed by atoms with van der Waals surface area (Å²) < 4.78 is 23.0. The molecule has 0 aliphatic heterocycles. The first-order valence-corrected chi connectivity index (χ1v) is 8.93. The lowest BCUT2D eigenvalue weighted by molar-refractivity contribution is 0.0896. The Morgan fingerprint density at radius 2 is 1.95 bits per heavy atom. The zero-order valence-corrected chi connectivity index (χ0v) is 13.4. The van der Waals surface area contributed by atoms with Crippen molar-refractivity contribution in [2.75, 3.05) is 0 Å². The van der Waals surface area contributed by atoms with Crippen molar-refractivity contribution < 1.29 is 13.2 Å². The fourth-order valence-electron chi connectivity index (χ4n) is 2.33. The molecule has 0 atom stereocenters. The molecule has 0 spiro atoms. The predicted molar refractivity (Wildman–Crippen MR) is 78.9 cm³/mol. The number of halogens is 2. The summed E-state index contributed by atoms with van der Waals surface area (Å²) in [4.78, 5) is 12.0. The molecule has 0 aromatic heterocycles. The molecule has 110 valence electrons. The lowest BCUT2D eigenvalue weighted by Gasteiger charge is -2.33. The number of rotatable bonds is 3. The van der Waals surface area contributed by atoms with Gasteiger partial charge in [0.15, 0.2) is 0 Å². The molecule has 1 N–H and O–H groups in total. The molecule has 4 nitrogen and oxygen atoms in total. The fraction of sp³-hybridized carbons (Fsp3) is 0.462. The van der Waals surface area contributed by atoms with E-state index < -0.39 is 9.05 Å². The molecule has 2 rings (SSSR count). The topological polar surface area (TPSA) is 63.2 Å². The Kier molecular flexibility index (Phi) is 4.33. The van der Waals surface area contributed by atoms with Crippen molar-refractivity contribution in [2.24, 2.45) is 5.92 Å². The lowest BCUT2D eigenvalue weighted by atomic mass is 9.82. The Labute approximate surface area is 127 Å². The summed E-state index contributed by atoms with van der Waals surface area (Å²) in [6, 6.07) is 2.87. The van der Waals surface area contributed by atoms with Crippen LogP contribution in [0.4, 0.5) is 0 Å². The monoisotopic (exact) mass is 335 g/mol. The van der Waals surface area contributed by atoms with E-state index in [0.29, 0.717) is 11.5 Å². The maximum absolute atomic E-state index is 12.1. The second-order valence-corrected chi connectivity index (χ2v) is 8.21. The van der Waals surface area contributed by atoms with E-state index in [9.17, 15) is 13.2 Å². The van der Waals surface area contributed by atoms with Crippen LogP contribution < -0.4 is 5.32 Å². The van der Waals surface area contributed by atoms with Crippen LogP contribution in [0.25, 0.3) is 0 Å². The van der Waals surface area contributed by atoms with Gasteiger partial charge in [-0.25, -0.2) is 8.42 Å². The highest BCUT2D eigenvalue weighted by molar-refractivity contribution is 8.13. The van der Waals surface area contributed by atoms with Gasteiger partial charge in [0.2, 0.25) is 0 Å². The Morgan fingerprint density at radius 3 is 2.45 bits per heavy atom. The Bertz CT molecular complexity index is 652. The number of carbonyl (C=O) groups is 1. The molecule has 20 heavy (non-hydrogen) atoms. The molecule has 7 heteroatoms. The second-order valence-electron chi connectivity index (χ2n) is 5.27. The Hall–Kier alpha value is -0.780. The van der Waals surface area contributed by atoms with E-state index in [4.69, 9.17) is 22.3 Å². The van der Waals surface area contributed by atoms with Gasteiger partial charge < -0.3 is 5.32 Å². The first-order valence-electron chi connectivity index (χ1n) is 6.24. The van der Waals surface area contributed by atoms with E-state index in [-0.39, 0.29) is 27.4 Å². The number of benzene rings is 1. The summed E-state index contributed by atoms with van der Waals surface area (Å²) in [6.07, 6.45) is 1.87. The van der Waals surface area contributed by atoms with Crippen LogP contribution in [0.1, 0.15) is 35.7 Å². The van der Waals surface area contributed by atoms with Gasteiger partial charge in [0.05, 0.1) is 4.90 Å². The molecule has 1 aliphatic carbocycles. The minimum Gasteiger partial charge on any atom is -0.349 e. The van der Waals surface area contributed by atoms with E-state index in [1.807, 2.05) is 0 Å². The largest absolute Gasteiger partial charge is 0.349 e. The maximum atomic E-state index is 12.1. The summed E-state index contributed by atoms with van der Waals surface area (Å²) in [7, 11) is 1.42. The van der Waals surface area contributed by atoms with Crippen LogP contribution in [-0.2, 0) is 9.05 Å². The second kappa shape index (κ2) is 5.54. The van der Waals surface area contributed by atoms with Crippen LogP contribution in [-0.4, -0.2) is 20.4 Å². The molecule has 0 unspecified atom stereocenters. The average molecular weight is 336 g/mol. The molecule has 1 aliphatic rings. The van der Waals surface area contributed by atoms with Crippen molar-refractivity contribution >= 4 is 37.2 Å². The van der Waals surface area contributed by atoms with Gasteiger partial charge in [-0.3, -0.25) is 4.79 Å². The van der Waals surface area contributed by atoms with Gasteiger partial charge in [-0.15, -0.1) is 0 Å². The third-order valence-electron chi connectivity index (χ3n) is 3.53. The van der Waals surface area contributed by atoms with E-state index in [0.717, 1.165) is 12.8 Å². The summed E-state index contributed by atoms with van der Waals surface area (Å²) in [6.45, 7) is 3.66. The number of hydrogen-bond acceptors (Lipinski definition) is 3. The Balaban J connectivity index is 2.28. The molecule has 0 heterocycles. The average Bonchev–Trinajstić information content (AvgIpc) is 2.28. The van der Waals surface area contributed by atoms with Crippen LogP contribution in [0.15, 0.2) is 17.0 Å². The number of carbonyl (C=O) groups excluding carboxylic acids is 1. The summed E-state index contributed by atoms with van der Waals surface area (Å²) in [5.74, 6) is 0.283. The van der Waals surface area contributed by atoms with Crippen LogP contribution in [0.3, 0.4) is 0 Å². The van der Waals surface area contributed by atoms with Crippen LogP contribution in [0.2, 0.25) is 5.02 Å². The van der Waals surface area contributed by atoms with Gasteiger partial charge in [0.25, 0.3) is 15.0 Å². The normalized spacial score (nSPS) is 22.2. The summed E-state index contributed by atoms with van der Waals surface area (Å²) >= 11 is 5.97. The summed E-state index contributed by atoms with van der Waals surface area (Å²) in [5.41, 5.74) is 0.551. The highest BCUT2D eigenvalue weighted by Gasteiger charge is 2.27. The van der Waals surface area contributed by atoms with E-state index in [1.54, 1.807) is 6.92 Å². The van der Waals surface area contributed by atoms with Crippen molar-refractivity contribution in [3.05, 3.63) is 28.3 Å². The smallest absolute Gasteiger partial charge is 0.261 e. The Morgan fingerprint density at radius 1 is 1.35 bits per heavy atom. The minimum absolute atomic E-state index is 0.126. The zero-order chi connectivity index (χ0) is 15.1. The van der Waals surface area contributed by atoms with Crippen molar-refractivity contribution in [1.29, 1.82) is 0 Å². The molecule has 0 saturated heterocycles. The van der Waals surface area contributed by atoms with Crippen molar-refractivity contribution in [3.8, 4) is 0 Å². The highest BCUT2D eigenvalue weighted by atomic mass is 35.7. The maximum Gasteiger partial charge on any atom is 0.261 e. The highest BCUT2D eigenvalue weighted by Crippen LogP contribution is 2.29. The molecular formula is C13H15Cl2NO3S. The van der Waals surface area contributed by atoms with E-state index >= 15 is 0 Å². The van der Waals surface area contributed by atoms with Crippen LogP contribution in [0.5, 0.6) is 0 Å². The number of amides is 1. The minimum atomic E-state index is -3.93. The third-order valence-corrected chi connectivity index (χ3v) is 5.37. The van der Waals surface area contributed by atoms with Crippen LogP contribution in [0, 0.1) is 12.8 Å². The van der Waals surface area contributed by atoms with Crippen molar-refractivity contribution in [2.45, 2.75) is 37.6 Å². The van der Waals surface area contributed by atoms with Gasteiger partial charge in [-0.2, -0.15) is 0 Å². The standard InChI is InChI=1S/C13H15Cl2NO3S/c1-7-3-10(4-7)16-13(17)9-5-11(14)8(2)12(6-9)20(15,18)19/h5-7,10H,3-4H2,1-2H3,(H,16,17). The van der Waals surface area contributed by atoms with Gasteiger partial charge in [-0.05, 0) is 43.4 Å². The molecule has 1 fully saturated rings. The SMILES string of the molecule is Cc1c(Cl)cc(C(=O)NC2CC(C)C2)cc1S(=O)(=O)Cl. The molecule has 1 amide bonds. The summed E-state index contributed by atoms with van der Waals surface area (Å²) in [5, 5.41) is 3.06. The van der Waals surface area contributed by atoms with Crippen molar-refractivity contribution in [3.63, 3.8) is 0 Å². The van der Waals surface area contributed by atoms with Gasteiger partial charge in [0, 0.05) is 27.3 Å². The molecule has 0 radical (unpaired) electrons. The van der Waals surface area contributed by atoms with Gasteiger partial charge in [-0.1, -0.05) is 18.5 Å². The molecule has 1 saturated carbocycles. The first-order chi connectivity index (χ1) is 9.18. The number of hydrogen-bond donors (Lipinski definition) is 1. The van der Waals surface area contributed by atoms with E-state index in [2.05, 4.69) is 12.2 Å². The van der Waals surface area contributed by atoms with E-state index in [1.165, 1.54) is 12.1 Å². The first kappa shape index (κ1) is 15.6. The van der Waals surface area contributed by atoms with Gasteiger partial charge in [0.1, 0.15) is 0 Å². The zero-order valence-electron chi connectivity index (χ0n) is 11.1. The quantitative estimate of drug-likeness (QED) is 0.863.